The smallest absolute Gasteiger partial charge is 0.223 e. The van der Waals surface area contributed by atoms with E-state index < -0.39 is 0 Å². The zero-order valence-corrected chi connectivity index (χ0v) is 13.0. The van der Waals surface area contributed by atoms with Crippen LogP contribution in [0.5, 0.6) is 0 Å². The molecule has 1 amide bonds. The number of nitrogens with zero attached hydrogens (tertiary/aromatic N) is 1. The van der Waals surface area contributed by atoms with Gasteiger partial charge in [-0.2, -0.15) is 0 Å². The molecule has 1 saturated carbocycles. The topological polar surface area (TPSA) is 32.3 Å². The highest BCUT2D eigenvalue weighted by atomic mass is 16.1. The average molecular weight is 286 g/mol. The molecule has 21 heavy (non-hydrogen) atoms. The second-order valence-electron chi connectivity index (χ2n) is 6.51. The Balaban J connectivity index is 1.52. The van der Waals surface area contributed by atoms with Gasteiger partial charge in [-0.05, 0) is 49.3 Å². The van der Waals surface area contributed by atoms with Gasteiger partial charge < -0.3 is 10.2 Å². The van der Waals surface area contributed by atoms with Crippen molar-refractivity contribution in [2.45, 2.75) is 44.9 Å². The first-order valence-electron chi connectivity index (χ1n) is 8.35. The van der Waals surface area contributed by atoms with Crippen molar-refractivity contribution in [3.05, 3.63) is 29.3 Å². The van der Waals surface area contributed by atoms with Crippen molar-refractivity contribution in [3.8, 4) is 0 Å². The molecular formula is C18H26N2O. The van der Waals surface area contributed by atoms with E-state index in [9.17, 15) is 4.79 Å². The van der Waals surface area contributed by atoms with Crippen molar-refractivity contribution >= 4 is 11.6 Å². The Bertz CT molecular complexity index is 506. The normalized spacial score (nSPS) is 18.6. The highest BCUT2D eigenvalue weighted by Crippen LogP contribution is 2.27. The first kappa shape index (κ1) is 14.4. The monoisotopic (exact) mass is 286 g/mol. The molecular weight excluding hydrogens is 260 g/mol. The van der Waals surface area contributed by atoms with Gasteiger partial charge in [0.1, 0.15) is 0 Å². The minimum absolute atomic E-state index is 0.269. The third kappa shape index (κ3) is 3.39. The second kappa shape index (κ2) is 6.50. The predicted molar refractivity (Wildman–Crippen MR) is 86.7 cm³/mol. The van der Waals surface area contributed by atoms with Crippen molar-refractivity contribution in [2.75, 3.05) is 25.0 Å². The Morgan fingerprint density at radius 2 is 2.10 bits per heavy atom. The molecule has 1 fully saturated rings. The number of carbonyl (C=O) groups is 1. The summed E-state index contributed by atoms with van der Waals surface area (Å²) in [6.45, 7) is 1.92. The third-order valence-electron chi connectivity index (χ3n) is 4.93. The lowest BCUT2D eigenvalue weighted by molar-refractivity contribution is -0.124. The number of rotatable bonds is 4. The molecule has 3 nitrogen and oxygen atoms in total. The van der Waals surface area contributed by atoms with Crippen LogP contribution in [0.3, 0.4) is 0 Å². The van der Waals surface area contributed by atoms with Gasteiger partial charge in [0.05, 0.1) is 0 Å². The molecule has 0 spiro atoms. The van der Waals surface area contributed by atoms with E-state index in [0.29, 0.717) is 0 Å². The SMILES string of the molecule is CN1CCCc2cc(CCNC(=O)C3CCCC3)ccc21. The zero-order valence-electron chi connectivity index (χ0n) is 13.0. The van der Waals surface area contributed by atoms with Crippen molar-refractivity contribution in [3.63, 3.8) is 0 Å². The number of amides is 1. The van der Waals surface area contributed by atoms with Crippen molar-refractivity contribution in [2.24, 2.45) is 5.92 Å². The number of aryl methyl sites for hydroxylation is 1. The van der Waals surface area contributed by atoms with Gasteiger partial charge in [-0.25, -0.2) is 0 Å². The molecule has 1 heterocycles. The Kier molecular flexibility index (Phi) is 4.47. The van der Waals surface area contributed by atoms with Gasteiger partial charge in [-0.15, -0.1) is 0 Å². The Labute approximate surface area is 127 Å². The van der Waals surface area contributed by atoms with Crippen molar-refractivity contribution < 1.29 is 4.79 Å². The molecule has 3 heteroatoms. The number of carbonyl (C=O) groups excluding carboxylic acids is 1. The maximum absolute atomic E-state index is 12.0. The number of hydrogen-bond acceptors (Lipinski definition) is 2. The van der Waals surface area contributed by atoms with Crippen LogP contribution in [0.2, 0.25) is 0 Å². The highest BCUT2D eigenvalue weighted by molar-refractivity contribution is 5.78. The molecule has 1 N–H and O–H groups in total. The van der Waals surface area contributed by atoms with Gasteiger partial charge in [0.15, 0.2) is 0 Å². The molecule has 0 aromatic heterocycles. The molecule has 2 aliphatic rings. The van der Waals surface area contributed by atoms with Crippen LogP contribution in [-0.2, 0) is 17.6 Å². The lowest BCUT2D eigenvalue weighted by Gasteiger charge is -2.27. The quantitative estimate of drug-likeness (QED) is 0.923. The van der Waals surface area contributed by atoms with E-state index in [1.54, 1.807) is 0 Å². The standard InChI is InChI=1S/C18H26N2O/c1-20-12-4-7-16-13-14(8-9-17(16)20)10-11-19-18(21)15-5-2-3-6-15/h8-9,13,15H,2-7,10-12H2,1H3,(H,19,21). The number of hydrogen-bond donors (Lipinski definition) is 1. The molecule has 0 atom stereocenters. The fraction of sp³-hybridized carbons (Fsp3) is 0.611. The largest absolute Gasteiger partial charge is 0.374 e. The van der Waals surface area contributed by atoms with E-state index in [0.717, 1.165) is 32.4 Å². The van der Waals surface area contributed by atoms with Gasteiger partial charge in [0.25, 0.3) is 0 Å². The lowest BCUT2D eigenvalue weighted by atomic mass is 9.98. The third-order valence-corrected chi connectivity index (χ3v) is 4.93. The van der Waals surface area contributed by atoms with Gasteiger partial charge >= 0.3 is 0 Å². The molecule has 3 rings (SSSR count). The summed E-state index contributed by atoms with van der Waals surface area (Å²) in [6.07, 6.45) is 7.96. The Morgan fingerprint density at radius 1 is 1.29 bits per heavy atom. The van der Waals surface area contributed by atoms with Crippen LogP contribution >= 0.6 is 0 Å². The van der Waals surface area contributed by atoms with E-state index in [2.05, 4.69) is 35.5 Å². The molecule has 1 aliphatic heterocycles. The molecule has 1 aromatic rings. The first-order chi connectivity index (χ1) is 10.2. The predicted octanol–water partition coefficient (Wildman–Crippen LogP) is 2.92. The Morgan fingerprint density at radius 3 is 2.90 bits per heavy atom. The molecule has 0 saturated heterocycles. The average Bonchev–Trinajstić information content (AvgIpc) is 3.01. The lowest BCUT2D eigenvalue weighted by Crippen LogP contribution is -2.31. The fourth-order valence-corrected chi connectivity index (χ4v) is 3.66. The summed E-state index contributed by atoms with van der Waals surface area (Å²) in [7, 11) is 2.17. The Hall–Kier alpha value is -1.51. The maximum Gasteiger partial charge on any atom is 0.223 e. The van der Waals surface area contributed by atoms with Crippen LogP contribution in [-0.4, -0.2) is 26.0 Å². The molecule has 0 bridgehead atoms. The number of anilines is 1. The van der Waals surface area contributed by atoms with E-state index in [-0.39, 0.29) is 11.8 Å². The highest BCUT2D eigenvalue weighted by Gasteiger charge is 2.22. The zero-order chi connectivity index (χ0) is 14.7. The summed E-state index contributed by atoms with van der Waals surface area (Å²) >= 11 is 0. The molecule has 114 valence electrons. The first-order valence-corrected chi connectivity index (χ1v) is 8.35. The summed E-state index contributed by atoms with van der Waals surface area (Å²) < 4.78 is 0. The van der Waals surface area contributed by atoms with Gasteiger partial charge in [0.2, 0.25) is 5.91 Å². The summed E-state index contributed by atoms with van der Waals surface area (Å²) in [4.78, 5) is 14.3. The van der Waals surface area contributed by atoms with Crippen LogP contribution in [0.25, 0.3) is 0 Å². The van der Waals surface area contributed by atoms with Crippen LogP contribution < -0.4 is 10.2 Å². The van der Waals surface area contributed by atoms with Gasteiger partial charge in [-0.1, -0.05) is 25.0 Å². The fourth-order valence-electron chi connectivity index (χ4n) is 3.66. The number of benzene rings is 1. The van der Waals surface area contributed by atoms with Crippen LogP contribution in [0.4, 0.5) is 5.69 Å². The maximum atomic E-state index is 12.0. The van der Waals surface area contributed by atoms with Gasteiger partial charge in [0, 0.05) is 31.7 Å². The molecule has 1 aliphatic carbocycles. The minimum Gasteiger partial charge on any atom is -0.374 e. The van der Waals surface area contributed by atoms with Crippen LogP contribution in [0.1, 0.15) is 43.2 Å². The summed E-state index contributed by atoms with van der Waals surface area (Å²) in [5.41, 5.74) is 4.18. The number of nitrogens with one attached hydrogen (secondary N) is 1. The van der Waals surface area contributed by atoms with E-state index >= 15 is 0 Å². The molecule has 1 aromatic carbocycles. The summed E-state index contributed by atoms with van der Waals surface area (Å²) in [6, 6.07) is 6.78. The van der Waals surface area contributed by atoms with Crippen molar-refractivity contribution in [1.82, 2.24) is 5.32 Å². The molecule has 0 unspecified atom stereocenters. The summed E-state index contributed by atoms with van der Waals surface area (Å²) in [5.74, 6) is 0.548. The van der Waals surface area contributed by atoms with E-state index in [1.165, 1.54) is 42.5 Å². The van der Waals surface area contributed by atoms with E-state index in [1.807, 2.05) is 0 Å². The summed E-state index contributed by atoms with van der Waals surface area (Å²) in [5, 5.41) is 3.11. The van der Waals surface area contributed by atoms with Crippen LogP contribution in [0, 0.1) is 5.92 Å². The molecule has 0 radical (unpaired) electrons. The van der Waals surface area contributed by atoms with Crippen molar-refractivity contribution in [1.29, 1.82) is 0 Å². The van der Waals surface area contributed by atoms with E-state index in [4.69, 9.17) is 0 Å². The van der Waals surface area contributed by atoms with Gasteiger partial charge in [-0.3, -0.25) is 4.79 Å². The number of fused-ring (bicyclic) bond motifs is 1. The second-order valence-corrected chi connectivity index (χ2v) is 6.51. The van der Waals surface area contributed by atoms with Crippen LogP contribution in [0.15, 0.2) is 18.2 Å². The minimum atomic E-state index is 0.269.